The summed E-state index contributed by atoms with van der Waals surface area (Å²) in [5.74, 6) is 0.00810. The third-order valence-electron chi connectivity index (χ3n) is 1.17. The Hall–Kier alpha value is -1.16. The fourth-order valence-corrected chi connectivity index (χ4v) is 0.849. The number of rotatable bonds is 1. The van der Waals surface area contributed by atoms with Crippen molar-refractivity contribution in [3.8, 4) is 11.5 Å². The van der Waals surface area contributed by atoms with Gasteiger partial charge in [0.2, 0.25) is 5.75 Å². The monoisotopic (exact) mass is 174 g/mol. The zero-order valence-corrected chi connectivity index (χ0v) is 6.59. The summed E-state index contributed by atoms with van der Waals surface area (Å²) in [7, 11) is 1.41. The van der Waals surface area contributed by atoms with Gasteiger partial charge in [0.05, 0.1) is 7.11 Å². The van der Waals surface area contributed by atoms with Crippen LogP contribution < -0.4 is 10.5 Å². The Morgan fingerprint density at radius 1 is 1.73 bits per heavy atom. The van der Waals surface area contributed by atoms with Crippen LogP contribution in [0, 0.1) is 0 Å². The molecule has 0 atom stereocenters. The van der Waals surface area contributed by atoms with Crippen LogP contribution in [0.25, 0.3) is 0 Å². The van der Waals surface area contributed by atoms with Gasteiger partial charge in [-0.15, -0.1) is 0 Å². The molecule has 0 fully saturated rings. The molecule has 0 aliphatic heterocycles. The summed E-state index contributed by atoms with van der Waals surface area (Å²) in [4.78, 5) is 3.59. The topological polar surface area (TPSA) is 68.4 Å². The molecule has 5 heteroatoms. The molecule has 1 heterocycles. The van der Waals surface area contributed by atoms with Crippen LogP contribution in [-0.2, 0) is 0 Å². The number of hydrogen-bond acceptors (Lipinski definition) is 4. The van der Waals surface area contributed by atoms with Crippen molar-refractivity contribution >= 4 is 17.4 Å². The van der Waals surface area contributed by atoms with Crippen molar-refractivity contribution in [1.82, 2.24) is 4.98 Å². The minimum Gasteiger partial charge on any atom is -0.502 e. The number of anilines is 1. The van der Waals surface area contributed by atoms with E-state index in [1.807, 2.05) is 0 Å². The molecule has 1 aromatic heterocycles. The van der Waals surface area contributed by atoms with E-state index in [-0.39, 0.29) is 22.5 Å². The summed E-state index contributed by atoms with van der Waals surface area (Å²) in [5.41, 5.74) is 5.27. The number of methoxy groups -OCH3 is 1. The van der Waals surface area contributed by atoms with Gasteiger partial charge in [-0.2, -0.15) is 0 Å². The van der Waals surface area contributed by atoms with Gasteiger partial charge >= 0.3 is 0 Å². The minimum absolute atomic E-state index is 0.0330. The molecular formula is C6H7ClN2O2. The summed E-state index contributed by atoms with van der Waals surface area (Å²) in [6, 6.07) is 1.38. The lowest BCUT2D eigenvalue weighted by atomic mass is 10.4. The number of aromatic hydroxyl groups is 1. The molecule has 0 spiro atoms. The maximum absolute atomic E-state index is 9.15. The molecule has 0 saturated heterocycles. The number of nitrogens with zero attached hydrogens (tertiary/aromatic N) is 1. The molecule has 0 aromatic carbocycles. The Balaban J connectivity index is 3.24. The summed E-state index contributed by atoms with van der Waals surface area (Å²) < 4.78 is 4.75. The third kappa shape index (κ3) is 1.46. The van der Waals surface area contributed by atoms with Gasteiger partial charge in [-0.3, -0.25) is 0 Å². The highest BCUT2D eigenvalue weighted by Crippen LogP contribution is 2.32. The Labute approximate surface area is 68.6 Å². The van der Waals surface area contributed by atoms with Crippen LogP contribution in [0.15, 0.2) is 6.07 Å². The largest absolute Gasteiger partial charge is 0.502 e. The number of aromatic nitrogens is 1. The Morgan fingerprint density at radius 2 is 2.36 bits per heavy atom. The minimum atomic E-state index is -0.183. The predicted molar refractivity (Wildman–Crippen MR) is 41.9 cm³/mol. The first-order valence-corrected chi connectivity index (χ1v) is 3.22. The van der Waals surface area contributed by atoms with Crippen molar-refractivity contribution in [2.75, 3.05) is 12.8 Å². The van der Waals surface area contributed by atoms with Crippen molar-refractivity contribution in [3.63, 3.8) is 0 Å². The van der Waals surface area contributed by atoms with Crippen LogP contribution in [0.4, 0.5) is 5.82 Å². The van der Waals surface area contributed by atoms with E-state index in [9.17, 15) is 0 Å². The van der Waals surface area contributed by atoms with Gasteiger partial charge in [-0.05, 0) is 0 Å². The molecule has 0 bridgehead atoms. The number of nitrogen functional groups attached to an aromatic ring is 1. The van der Waals surface area contributed by atoms with Crippen LogP contribution in [0.1, 0.15) is 0 Å². The van der Waals surface area contributed by atoms with Gasteiger partial charge in [0.15, 0.2) is 11.6 Å². The number of ether oxygens (including phenoxy) is 1. The maximum atomic E-state index is 9.15. The van der Waals surface area contributed by atoms with Crippen molar-refractivity contribution in [1.29, 1.82) is 0 Å². The standard InChI is InChI=1S/C6H7ClN2O2/c1-11-3-2-4(7)9-6(8)5(3)10/h2,10H,1H3,(H2,8,9). The van der Waals surface area contributed by atoms with E-state index in [4.69, 9.17) is 27.2 Å². The molecule has 0 amide bonds. The highest BCUT2D eigenvalue weighted by Gasteiger charge is 2.07. The van der Waals surface area contributed by atoms with Crippen LogP contribution in [0.3, 0.4) is 0 Å². The summed E-state index contributed by atoms with van der Waals surface area (Å²) in [6.45, 7) is 0. The summed E-state index contributed by atoms with van der Waals surface area (Å²) >= 11 is 5.52. The van der Waals surface area contributed by atoms with Gasteiger partial charge in [0.1, 0.15) is 5.15 Å². The average Bonchev–Trinajstić information content (AvgIpc) is 1.96. The maximum Gasteiger partial charge on any atom is 0.201 e. The van der Waals surface area contributed by atoms with E-state index < -0.39 is 0 Å². The van der Waals surface area contributed by atoms with Crippen molar-refractivity contribution in [3.05, 3.63) is 11.2 Å². The van der Waals surface area contributed by atoms with E-state index >= 15 is 0 Å². The van der Waals surface area contributed by atoms with E-state index in [0.29, 0.717) is 0 Å². The second-order valence-electron chi connectivity index (χ2n) is 1.88. The van der Waals surface area contributed by atoms with Gasteiger partial charge in [0, 0.05) is 6.07 Å². The fourth-order valence-electron chi connectivity index (χ4n) is 0.659. The lowest BCUT2D eigenvalue weighted by Crippen LogP contribution is -1.93. The first-order chi connectivity index (χ1) is 5.15. The molecule has 4 nitrogen and oxygen atoms in total. The van der Waals surface area contributed by atoms with Gasteiger partial charge < -0.3 is 15.6 Å². The quantitative estimate of drug-likeness (QED) is 0.624. The predicted octanol–water partition coefficient (Wildman–Crippen LogP) is 1.03. The molecule has 0 aliphatic carbocycles. The average molecular weight is 175 g/mol. The molecular weight excluding hydrogens is 168 g/mol. The molecule has 0 aliphatic rings. The molecule has 3 N–H and O–H groups in total. The van der Waals surface area contributed by atoms with Crippen LogP contribution >= 0.6 is 11.6 Å². The number of nitrogens with two attached hydrogens (primary N) is 1. The summed E-state index contributed by atoms with van der Waals surface area (Å²) in [6.07, 6.45) is 0. The number of pyridine rings is 1. The third-order valence-corrected chi connectivity index (χ3v) is 1.37. The first-order valence-electron chi connectivity index (χ1n) is 2.84. The van der Waals surface area contributed by atoms with Crippen molar-refractivity contribution in [2.45, 2.75) is 0 Å². The van der Waals surface area contributed by atoms with E-state index in [1.165, 1.54) is 13.2 Å². The molecule has 1 aromatic rings. The normalized spacial score (nSPS) is 9.64. The van der Waals surface area contributed by atoms with Crippen LogP contribution in [0.5, 0.6) is 11.5 Å². The van der Waals surface area contributed by atoms with Crippen molar-refractivity contribution in [2.24, 2.45) is 0 Å². The van der Waals surface area contributed by atoms with Crippen LogP contribution in [-0.4, -0.2) is 17.2 Å². The molecule has 0 radical (unpaired) electrons. The molecule has 0 saturated carbocycles. The molecule has 1 rings (SSSR count). The van der Waals surface area contributed by atoms with E-state index in [0.717, 1.165) is 0 Å². The smallest absolute Gasteiger partial charge is 0.201 e. The Bertz CT molecular complexity index is 278. The first kappa shape index (κ1) is 7.94. The second kappa shape index (κ2) is 2.84. The summed E-state index contributed by atoms with van der Waals surface area (Å²) in [5, 5.41) is 9.34. The van der Waals surface area contributed by atoms with E-state index in [1.54, 1.807) is 0 Å². The second-order valence-corrected chi connectivity index (χ2v) is 2.27. The van der Waals surface area contributed by atoms with Gasteiger partial charge in [0.25, 0.3) is 0 Å². The fraction of sp³-hybridized carbons (Fsp3) is 0.167. The zero-order valence-electron chi connectivity index (χ0n) is 5.84. The zero-order chi connectivity index (χ0) is 8.43. The lowest BCUT2D eigenvalue weighted by molar-refractivity contribution is 0.373. The molecule has 0 unspecified atom stereocenters. The van der Waals surface area contributed by atoms with E-state index in [2.05, 4.69) is 4.98 Å². The highest BCUT2D eigenvalue weighted by molar-refractivity contribution is 6.29. The lowest BCUT2D eigenvalue weighted by Gasteiger charge is -2.04. The Morgan fingerprint density at radius 3 is 2.91 bits per heavy atom. The van der Waals surface area contributed by atoms with Crippen molar-refractivity contribution < 1.29 is 9.84 Å². The number of halogens is 1. The molecule has 11 heavy (non-hydrogen) atoms. The molecule has 60 valence electrons. The highest BCUT2D eigenvalue weighted by atomic mass is 35.5. The SMILES string of the molecule is COc1cc(Cl)nc(N)c1O. The van der Waals surface area contributed by atoms with Crippen LogP contribution in [0.2, 0.25) is 5.15 Å². The number of hydrogen-bond donors (Lipinski definition) is 2. The van der Waals surface area contributed by atoms with Gasteiger partial charge in [-0.1, -0.05) is 11.6 Å². The Kier molecular flexibility index (Phi) is 2.05. The van der Waals surface area contributed by atoms with Gasteiger partial charge in [-0.25, -0.2) is 4.98 Å².